The zero-order valence-electron chi connectivity index (χ0n) is 28.8. The van der Waals surface area contributed by atoms with Crippen molar-refractivity contribution in [2.75, 3.05) is 11.1 Å². The summed E-state index contributed by atoms with van der Waals surface area (Å²) in [4.78, 5) is 12.9. The van der Waals surface area contributed by atoms with Crippen LogP contribution in [0.25, 0.3) is 11.1 Å². The number of amides is 2. The van der Waals surface area contributed by atoms with Crippen LogP contribution >= 0.6 is 11.8 Å². The molecule has 3 atom stereocenters. The van der Waals surface area contributed by atoms with Gasteiger partial charge in [-0.15, -0.1) is 0 Å². The quantitative estimate of drug-likeness (QED) is 0.0656. The minimum Gasteiger partial charge on any atom is -0.618 e. The topological polar surface area (TPSA) is 116 Å². The van der Waals surface area contributed by atoms with E-state index in [1.165, 1.54) is 18.0 Å². The second kappa shape index (κ2) is 17.2. The first kappa shape index (κ1) is 35.7. The fourth-order valence-electron chi connectivity index (χ4n) is 6.08. The summed E-state index contributed by atoms with van der Waals surface area (Å²) < 4.78 is 19.7. The molecule has 1 fully saturated rings. The first-order valence-electron chi connectivity index (χ1n) is 17.4. The number of ether oxygens (including phenoxy) is 3. The number of nitrogens with zero attached hydrogens (tertiary/aromatic N) is 1. The average Bonchev–Trinajstić information content (AvgIpc) is 3.21. The number of anilines is 1. The Labute approximate surface area is 312 Å². The number of rotatable bonds is 12. The maximum absolute atomic E-state index is 12.9. The molecule has 1 aromatic heterocycles. The third-order valence-corrected chi connectivity index (χ3v) is 10.0. The number of aliphatic hydroxyl groups excluding tert-OH is 1. The van der Waals surface area contributed by atoms with Gasteiger partial charge in [0.1, 0.15) is 11.5 Å². The van der Waals surface area contributed by atoms with Gasteiger partial charge in [0, 0.05) is 42.1 Å². The number of benzene rings is 5. The van der Waals surface area contributed by atoms with Gasteiger partial charge in [0.15, 0.2) is 12.5 Å². The molecule has 10 heteroatoms. The van der Waals surface area contributed by atoms with E-state index in [1.54, 1.807) is 24.3 Å². The van der Waals surface area contributed by atoms with Crippen molar-refractivity contribution in [3.8, 4) is 22.6 Å². The number of carbonyl (C=O) groups is 1. The Morgan fingerprint density at radius 3 is 2.25 bits per heavy atom. The van der Waals surface area contributed by atoms with Crippen molar-refractivity contribution in [3.63, 3.8) is 0 Å². The highest BCUT2D eigenvalue weighted by molar-refractivity contribution is 7.99. The summed E-state index contributed by atoms with van der Waals surface area (Å²) in [7, 11) is 0. The van der Waals surface area contributed by atoms with E-state index in [0.29, 0.717) is 35.2 Å². The van der Waals surface area contributed by atoms with Crippen LogP contribution in [0, 0.1) is 5.21 Å². The van der Waals surface area contributed by atoms with E-state index >= 15 is 0 Å². The molecule has 0 aliphatic carbocycles. The van der Waals surface area contributed by atoms with Crippen LogP contribution in [-0.4, -0.2) is 23.0 Å². The Hall–Kier alpha value is -5.65. The number of aliphatic hydroxyl groups is 1. The SMILES string of the molecule is O=C(NCc1ccccc1-c1ccc([C@H]2O[C@@H](CSc3cccc[n+]3[O-])C[C@@H](c3ccc(CO)cc3)O2)cc1)Nc1ccc(Oc2ccccc2)cc1. The zero-order valence-corrected chi connectivity index (χ0v) is 29.7. The molecule has 0 unspecified atom stereocenters. The number of para-hydroxylation sites is 1. The van der Waals surface area contributed by atoms with Crippen molar-refractivity contribution >= 4 is 23.5 Å². The molecule has 2 heterocycles. The van der Waals surface area contributed by atoms with Crippen molar-refractivity contribution in [1.82, 2.24) is 5.32 Å². The lowest BCUT2D eigenvalue weighted by Gasteiger charge is -2.36. The lowest BCUT2D eigenvalue weighted by atomic mass is 9.98. The number of thioether (sulfide) groups is 1. The van der Waals surface area contributed by atoms with Gasteiger partial charge in [-0.05, 0) is 70.3 Å². The molecule has 0 spiro atoms. The van der Waals surface area contributed by atoms with Gasteiger partial charge >= 0.3 is 6.03 Å². The predicted molar refractivity (Wildman–Crippen MR) is 205 cm³/mol. The molecule has 1 aliphatic rings. The summed E-state index contributed by atoms with van der Waals surface area (Å²) in [5.74, 6) is 2.00. The minimum absolute atomic E-state index is 0.0255. The summed E-state index contributed by atoms with van der Waals surface area (Å²) in [6.45, 7) is 0.303. The highest BCUT2D eigenvalue weighted by atomic mass is 32.2. The van der Waals surface area contributed by atoms with E-state index in [0.717, 1.165) is 43.9 Å². The number of nitrogens with one attached hydrogen (secondary N) is 2. The third-order valence-electron chi connectivity index (χ3n) is 8.86. The van der Waals surface area contributed by atoms with Gasteiger partial charge in [0.2, 0.25) is 0 Å². The van der Waals surface area contributed by atoms with Gasteiger partial charge in [-0.2, -0.15) is 4.73 Å². The van der Waals surface area contributed by atoms with E-state index in [2.05, 4.69) is 10.6 Å². The van der Waals surface area contributed by atoms with Crippen LogP contribution < -0.4 is 20.1 Å². The summed E-state index contributed by atoms with van der Waals surface area (Å²) in [5.41, 5.74) is 6.31. The molecule has 6 aromatic rings. The molecule has 0 bridgehead atoms. The van der Waals surface area contributed by atoms with Gasteiger partial charge < -0.3 is 35.2 Å². The second-order valence-electron chi connectivity index (χ2n) is 12.6. The van der Waals surface area contributed by atoms with Gasteiger partial charge in [-0.1, -0.05) is 103 Å². The molecular formula is C43H39N3O6S. The van der Waals surface area contributed by atoms with E-state index in [9.17, 15) is 15.1 Å². The van der Waals surface area contributed by atoms with Crippen molar-refractivity contribution in [2.45, 2.75) is 43.1 Å². The van der Waals surface area contributed by atoms with Crippen molar-refractivity contribution in [1.29, 1.82) is 0 Å². The van der Waals surface area contributed by atoms with Crippen molar-refractivity contribution in [2.24, 2.45) is 0 Å². The van der Waals surface area contributed by atoms with Crippen LogP contribution in [0.2, 0.25) is 0 Å². The molecule has 268 valence electrons. The van der Waals surface area contributed by atoms with Gasteiger partial charge in [-0.25, -0.2) is 4.79 Å². The van der Waals surface area contributed by atoms with Crippen molar-refractivity contribution in [3.05, 3.63) is 179 Å². The maximum atomic E-state index is 12.9. The highest BCUT2D eigenvalue weighted by Crippen LogP contribution is 2.40. The van der Waals surface area contributed by atoms with E-state index in [1.807, 2.05) is 121 Å². The summed E-state index contributed by atoms with van der Waals surface area (Å²) in [6.07, 6.45) is 1.07. The molecule has 0 radical (unpaired) electrons. The molecule has 1 saturated heterocycles. The first-order valence-corrected chi connectivity index (χ1v) is 18.4. The van der Waals surface area contributed by atoms with Crippen LogP contribution in [0.3, 0.4) is 0 Å². The van der Waals surface area contributed by atoms with Crippen LogP contribution in [0.4, 0.5) is 10.5 Å². The predicted octanol–water partition coefficient (Wildman–Crippen LogP) is 8.93. The Morgan fingerprint density at radius 1 is 0.792 bits per heavy atom. The van der Waals surface area contributed by atoms with Gasteiger partial charge in [0.05, 0.1) is 18.8 Å². The summed E-state index contributed by atoms with van der Waals surface area (Å²) in [5, 5.41) is 28.3. The molecular weight excluding hydrogens is 687 g/mol. The Morgan fingerprint density at radius 2 is 1.49 bits per heavy atom. The normalized spacial score (nSPS) is 16.8. The van der Waals surface area contributed by atoms with Gasteiger partial charge in [0.25, 0.3) is 5.03 Å². The largest absolute Gasteiger partial charge is 0.618 e. The monoisotopic (exact) mass is 725 g/mol. The maximum Gasteiger partial charge on any atom is 0.319 e. The van der Waals surface area contributed by atoms with Crippen LogP contribution in [-0.2, 0) is 22.6 Å². The summed E-state index contributed by atoms with van der Waals surface area (Å²) >= 11 is 1.46. The average molecular weight is 726 g/mol. The minimum atomic E-state index is -0.624. The molecule has 7 rings (SSSR count). The fourth-order valence-corrected chi connectivity index (χ4v) is 7.02. The number of carbonyl (C=O) groups excluding carboxylic acids is 1. The lowest BCUT2D eigenvalue weighted by molar-refractivity contribution is -0.645. The fraction of sp³-hybridized carbons (Fsp3) is 0.163. The molecule has 2 amide bonds. The molecule has 53 heavy (non-hydrogen) atoms. The van der Waals surface area contributed by atoms with E-state index in [-0.39, 0.29) is 24.8 Å². The third kappa shape index (κ3) is 9.43. The Bertz CT molecular complexity index is 2100. The number of pyridine rings is 1. The first-order chi connectivity index (χ1) is 26.0. The Kier molecular flexibility index (Phi) is 11.6. The van der Waals surface area contributed by atoms with Crippen LogP contribution in [0.1, 0.15) is 41.1 Å². The molecule has 9 nitrogen and oxygen atoms in total. The zero-order chi connectivity index (χ0) is 36.4. The molecule has 3 N–H and O–H groups in total. The van der Waals surface area contributed by atoms with Crippen LogP contribution in [0.5, 0.6) is 11.5 Å². The number of aromatic nitrogens is 1. The number of hydrogen-bond donors (Lipinski definition) is 3. The van der Waals surface area contributed by atoms with Crippen molar-refractivity contribution < 1.29 is 28.8 Å². The van der Waals surface area contributed by atoms with E-state index < -0.39 is 6.29 Å². The van der Waals surface area contributed by atoms with Gasteiger partial charge in [-0.3, -0.25) is 0 Å². The summed E-state index contributed by atoms with van der Waals surface area (Å²) in [6, 6.07) is 45.6. The lowest BCUT2D eigenvalue weighted by Crippen LogP contribution is -2.32. The second-order valence-corrected chi connectivity index (χ2v) is 13.6. The highest BCUT2D eigenvalue weighted by Gasteiger charge is 2.32. The van der Waals surface area contributed by atoms with E-state index in [4.69, 9.17) is 14.2 Å². The molecule has 5 aromatic carbocycles. The number of hydrogen-bond acceptors (Lipinski definition) is 7. The standard InChI is InChI=1S/C43H39N3O6S/c47-28-30-13-15-32(16-14-30)40-26-38(29-53-41-12-6-7-25-46(41)49)51-42(52-40)33-19-17-31(18-20-33)39-11-5-4-8-34(39)27-44-43(48)45-35-21-23-37(24-22-35)50-36-9-2-1-3-10-36/h1-25,38,40,42,47H,26-29H2,(H2,44,45,48)/t38-,40+,42+/m1/s1. The van der Waals surface area contributed by atoms with Crippen LogP contribution in [0.15, 0.2) is 157 Å². The number of urea groups is 1. The Balaban J connectivity index is 1.00. The molecule has 1 aliphatic heterocycles. The molecule has 0 saturated carbocycles. The smallest absolute Gasteiger partial charge is 0.319 e.